The molecule has 16 rings (SSSR count). The minimum Gasteiger partial charge on any atom is -0.483 e. The summed E-state index contributed by atoms with van der Waals surface area (Å²) in [6, 6.07) is 20.4. The Labute approximate surface area is 847 Å². The maximum absolute atomic E-state index is 13.8. The largest absolute Gasteiger partial charge is 0.483 e. The number of likely N-dealkylation sites (N-methyl/N-ethyl adjacent to an activating group) is 2. The summed E-state index contributed by atoms with van der Waals surface area (Å²) in [4.78, 5) is 199. The topological polar surface area (TPSA) is 467 Å². The number of aromatic nitrogens is 6. The van der Waals surface area contributed by atoms with Gasteiger partial charge < -0.3 is 60.8 Å². The highest BCUT2D eigenvalue weighted by Crippen LogP contribution is 2.44. The van der Waals surface area contributed by atoms with Gasteiger partial charge in [-0.2, -0.15) is 0 Å². The SMILES string of the molecule is CCCCCCCCCNC(=O)COc1cccc2c1C(=O)N(C1CCC(=O)NC1=O)C2=O.Cc1c(C(=O)NCCCCCCCCNC(=O)COc2cccc3c2C(=O)N(C2CCC(=O)NC2=O)C3=O)sc2c1C(c1ccc(Cl)cc1)=N[C@@H](CC(=O)NCCCN1CCN(C)CC1)c1nnc(C)n1-2.Cc1c(C(=O)O)sc2c1C(c1ccc(Cl)cc1)=N[C@H](CC(=O)NCCCN1CCN(C)CC1)c1nnc(C)n1-2. The number of imide groups is 4. The number of carbonyl (C=O) groups excluding carboxylic acids is 13. The van der Waals surface area contributed by atoms with Gasteiger partial charge in [-0.25, -0.2) is 4.79 Å². The standard InChI is InChI=1S/C50H60ClN11O8S.C27H32ClN7O3S.C24H31N3O6/c1-30-41-43(32-14-16-33(51)17-15-32)55-35(28-39(64)52-22-11-23-60-26-24-59(3)25-27-60)45-58-57-31(2)61(45)50(41)71-44(30)47(67)54-21-9-7-5-4-6-8-20-53-40(65)29-70-37-13-10-12-34-42(37)49(69)62(48(34)68)36-18-19-38(63)56-46(36)66;1-16-22-23(18-5-7-19(28)8-6-18)30-20(15-21(36)29-9-4-10-34-13-11-33(3)12-14-34)25-32-31-17(2)35(25)26(22)39-24(16)27(37)38;1-2-3-4-5-6-7-8-14-25-20(29)15-33-18-11-9-10-16-21(18)24(32)27(23(16)31)17-12-13-19(28)26-22(17)30/h10,12-17,35-36H,4-9,11,18-29H2,1-3H3,(H,52,64)(H,53,65)(H,54,67)(H,56,63,66);5-8,20H,4,9-15H2,1-3H3,(H,29,36)(H,37,38);9-11,17H,2-8,12-15H2,1H3,(H,25,29)(H,26,28,30)/t35-,36?;20-;/m01./s1. The van der Waals surface area contributed by atoms with Crippen LogP contribution >= 0.6 is 45.9 Å². The van der Waals surface area contributed by atoms with E-state index in [1.165, 1.54) is 78.7 Å². The molecule has 4 saturated heterocycles. The molecule has 760 valence electrons. The lowest BCUT2D eigenvalue weighted by atomic mass is 9.99. The highest BCUT2D eigenvalue weighted by atomic mass is 35.5. The van der Waals surface area contributed by atoms with E-state index < -0.39 is 77.4 Å². The number of hydrogen-bond acceptors (Lipinski definition) is 28. The van der Waals surface area contributed by atoms with Crippen LogP contribution in [0.5, 0.6) is 11.5 Å². The summed E-state index contributed by atoms with van der Waals surface area (Å²) in [6.45, 7) is 21.9. The van der Waals surface area contributed by atoms with Crippen LogP contribution in [-0.2, 0) is 38.4 Å². The molecule has 12 heterocycles. The van der Waals surface area contributed by atoms with Gasteiger partial charge in [0.2, 0.25) is 35.4 Å². The van der Waals surface area contributed by atoms with Crippen LogP contribution in [0.2, 0.25) is 10.0 Å². The lowest BCUT2D eigenvalue weighted by Crippen LogP contribution is -2.54. The quantitative estimate of drug-likeness (QED) is 0.0130. The number of unbranched alkanes of at least 4 members (excludes halogenated alkanes) is 11. The molecule has 8 aliphatic heterocycles. The summed E-state index contributed by atoms with van der Waals surface area (Å²) in [7, 11) is 4.28. The Morgan fingerprint density at radius 3 is 1.21 bits per heavy atom. The number of nitrogens with one attached hydrogen (secondary N) is 7. The summed E-state index contributed by atoms with van der Waals surface area (Å²) in [5, 5.41) is 49.3. The summed E-state index contributed by atoms with van der Waals surface area (Å²) in [5.41, 5.74) is 5.96. The second-order valence-electron chi connectivity index (χ2n) is 36.8. The fourth-order valence-electron chi connectivity index (χ4n) is 18.5. The summed E-state index contributed by atoms with van der Waals surface area (Å²) >= 11 is 15.0. The Balaban J connectivity index is 0.000000189. The number of thiophene rings is 2. The van der Waals surface area contributed by atoms with Crippen LogP contribution in [0.3, 0.4) is 0 Å². The van der Waals surface area contributed by atoms with Crippen LogP contribution in [0, 0.1) is 27.7 Å². The molecule has 4 aromatic heterocycles. The number of aliphatic imine (C=N–C) groups is 2. The summed E-state index contributed by atoms with van der Waals surface area (Å²) in [5.74, 6) is -4.53. The number of rotatable bonds is 41. The molecule has 0 aliphatic carbocycles. The normalized spacial score (nSPS) is 17.9. The van der Waals surface area contributed by atoms with Gasteiger partial charge in [-0.15, -0.1) is 43.1 Å². The average molecular weight is 2040 g/mol. The van der Waals surface area contributed by atoms with E-state index in [0.717, 1.165) is 173 Å². The van der Waals surface area contributed by atoms with Crippen molar-refractivity contribution in [3.63, 3.8) is 0 Å². The molecule has 4 aromatic carbocycles. The first-order valence-corrected chi connectivity index (χ1v) is 51.5. The van der Waals surface area contributed by atoms with E-state index in [1.54, 1.807) is 37.3 Å². The van der Waals surface area contributed by atoms with E-state index in [9.17, 15) is 72.2 Å². The number of fused-ring (bicyclic) bond motifs is 8. The molecule has 8 N–H and O–H groups in total. The van der Waals surface area contributed by atoms with Gasteiger partial charge in [0.25, 0.3) is 41.4 Å². The molecular formula is C101H123Cl2N21O17S2. The number of halogens is 2. The molecule has 38 nitrogen and oxygen atoms in total. The predicted octanol–water partition coefficient (Wildman–Crippen LogP) is 9.97. The van der Waals surface area contributed by atoms with Crippen molar-refractivity contribution in [1.29, 1.82) is 0 Å². The van der Waals surface area contributed by atoms with Crippen molar-refractivity contribution in [2.45, 2.75) is 194 Å². The predicted molar refractivity (Wildman–Crippen MR) is 538 cm³/mol. The number of piperidine rings is 2. The van der Waals surface area contributed by atoms with Crippen molar-refractivity contribution >= 4 is 140 Å². The maximum Gasteiger partial charge on any atom is 0.346 e. The fourth-order valence-corrected chi connectivity index (χ4v) is 21.3. The fraction of sp³-hybridized carbons (Fsp3) is 0.485. The molecule has 2 unspecified atom stereocenters. The van der Waals surface area contributed by atoms with E-state index in [4.69, 9.17) is 42.7 Å². The van der Waals surface area contributed by atoms with Crippen LogP contribution in [-0.4, -0.2) is 296 Å². The monoisotopic (exact) mass is 2040 g/mol. The molecule has 4 atom stereocenters. The van der Waals surface area contributed by atoms with Gasteiger partial charge in [-0.3, -0.25) is 102 Å². The summed E-state index contributed by atoms with van der Waals surface area (Å²) < 4.78 is 15.0. The molecule has 13 amide bonds. The van der Waals surface area contributed by atoms with Crippen LogP contribution in [0.15, 0.2) is 94.9 Å². The van der Waals surface area contributed by atoms with Crippen molar-refractivity contribution in [3.05, 3.63) is 184 Å². The van der Waals surface area contributed by atoms with Crippen molar-refractivity contribution in [3.8, 4) is 21.5 Å². The third-order valence-corrected chi connectivity index (χ3v) is 29.5. The zero-order valence-electron chi connectivity index (χ0n) is 81.6. The average Bonchev–Trinajstić information content (AvgIpc) is 1.57. The smallest absolute Gasteiger partial charge is 0.346 e. The van der Waals surface area contributed by atoms with E-state index in [-0.39, 0.29) is 120 Å². The Kier molecular flexibility index (Phi) is 37.1. The number of aromatic carboxylic acids is 1. The number of aryl methyl sites for hydroxylation is 2. The second kappa shape index (κ2) is 50.0. The molecule has 8 aliphatic rings. The molecule has 0 radical (unpaired) electrons. The zero-order valence-corrected chi connectivity index (χ0v) is 84.7. The van der Waals surface area contributed by atoms with E-state index in [2.05, 4.69) is 98.2 Å². The van der Waals surface area contributed by atoms with Gasteiger partial charge in [0.05, 0.1) is 51.4 Å². The first kappa shape index (κ1) is 106. The minimum absolute atomic E-state index is 0.00906. The van der Waals surface area contributed by atoms with E-state index in [0.29, 0.717) is 98.5 Å². The summed E-state index contributed by atoms with van der Waals surface area (Å²) in [6.07, 6.45) is 15.4. The molecule has 143 heavy (non-hydrogen) atoms. The number of nitrogens with zero attached hydrogens (tertiary/aromatic N) is 14. The number of amides is 13. The van der Waals surface area contributed by atoms with Crippen molar-refractivity contribution in [1.82, 2.24) is 96.1 Å². The zero-order chi connectivity index (χ0) is 102. The number of carbonyl (C=O) groups is 14. The van der Waals surface area contributed by atoms with Crippen LogP contribution in [0.25, 0.3) is 10.0 Å². The second-order valence-corrected chi connectivity index (χ2v) is 39.7. The van der Waals surface area contributed by atoms with Crippen LogP contribution < -0.4 is 46.7 Å². The highest BCUT2D eigenvalue weighted by molar-refractivity contribution is 7.17. The van der Waals surface area contributed by atoms with Gasteiger partial charge in [-0.05, 0) is 159 Å². The molecule has 42 heteroatoms. The molecule has 8 aromatic rings. The minimum atomic E-state index is -1.10. The number of hydrogen-bond donors (Lipinski definition) is 8. The van der Waals surface area contributed by atoms with Crippen molar-refractivity contribution in [2.24, 2.45) is 9.98 Å². The van der Waals surface area contributed by atoms with Crippen LogP contribution in [0.4, 0.5) is 0 Å². The first-order valence-electron chi connectivity index (χ1n) is 49.1. The molecule has 0 bridgehead atoms. The van der Waals surface area contributed by atoms with E-state index >= 15 is 0 Å². The van der Waals surface area contributed by atoms with Gasteiger partial charge in [0.15, 0.2) is 24.9 Å². The Bertz CT molecular complexity index is 6140. The molecular weight excluding hydrogens is 1910 g/mol. The maximum atomic E-state index is 13.8. The van der Waals surface area contributed by atoms with Gasteiger partial charge in [-0.1, -0.05) is 131 Å². The number of carboxylic acids is 1. The molecule has 0 saturated carbocycles. The number of piperazine rings is 2. The Hall–Kier alpha value is -12.7. The lowest BCUT2D eigenvalue weighted by molar-refractivity contribution is -0.137. The van der Waals surface area contributed by atoms with E-state index in [1.807, 2.05) is 54.2 Å². The van der Waals surface area contributed by atoms with Gasteiger partial charge in [0.1, 0.15) is 62.2 Å². The van der Waals surface area contributed by atoms with Gasteiger partial charge >= 0.3 is 5.97 Å². The lowest BCUT2D eigenvalue weighted by Gasteiger charge is -2.32. The Morgan fingerprint density at radius 1 is 0.441 bits per heavy atom. The third-order valence-electron chi connectivity index (χ3n) is 26.4. The first-order chi connectivity index (χ1) is 68.9. The Morgan fingerprint density at radius 2 is 0.811 bits per heavy atom. The molecule has 4 fully saturated rings. The number of benzene rings is 4. The van der Waals surface area contributed by atoms with Gasteiger partial charge in [0, 0.05) is 130 Å². The van der Waals surface area contributed by atoms with Crippen molar-refractivity contribution in [2.75, 3.05) is 125 Å². The van der Waals surface area contributed by atoms with Crippen molar-refractivity contribution < 1.29 is 81.7 Å². The number of carboxylic acid groups (broad SMARTS) is 1. The van der Waals surface area contributed by atoms with Crippen LogP contribution in [0.1, 0.15) is 271 Å². The molecule has 0 spiro atoms. The highest BCUT2D eigenvalue weighted by Gasteiger charge is 2.49. The number of ether oxygens (including phenoxy) is 2. The third kappa shape index (κ3) is 26.3.